The van der Waals surface area contributed by atoms with Crippen LogP contribution in [0.3, 0.4) is 0 Å². The Labute approximate surface area is 175 Å². The molecule has 1 aromatic heterocycles. The van der Waals surface area contributed by atoms with Gasteiger partial charge in [-0.1, -0.05) is 40.1 Å². The highest BCUT2D eigenvalue weighted by Crippen LogP contribution is 2.22. The molecule has 0 fully saturated rings. The fourth-order valence-electron chi connectivity index (χ4n) is 2.86. The summed E-state index contributed by atoms with van der Waals surface area (Å²) in [5.41, 5.74) is 3.37. The summed E-state index contributed by atoms with van der Waals surface area (Å²) in [6.45, 7) is 7.69. The summed E-state index contributed by atoms with van der Waals surface area (Å²) in [7, 11) is 3.85. The number of aliphatic imine (C=N–C) groups is 1. The number of guanidine groups is 1. The molecule has 1 heterocycles. The van der Waals surface area contributed by atoms with E-state index in [2.05, 4.69) is 67.5 Å². The molecule has 2 aromatic rings. The highest BCUT2D eigenvalue weighted by atomic mass is 127. The third-order valence-corrected chi connectivity index (χ3v) is 4.58. The molecule has 138 valence electrons. The van der Waals surface area contributed by atoms with Crippen LogP contribution in [-0.4, -0.2) is 36.7 Å². The topological polar surface area (TPSA) is 53.7 Å². The summed E-state index contributed by atoms with van der Waals surface area (Å²) >= 11 is 3.46. The first kappa shape index (κ1) is 22.0. The van der Waals surface area contributed by atoms with E-state index in [0.717, 1.165) is 35.0 Å². The molecule has 1 N–H and O–H groups in total. The van der Waals surface area contributed by atoms with Crippen molar-refractivity contribution in [1.82, 2.24) is 15.4 Å². The average Bonchev–Trinajstić information content (AvgIpc) is 2.89. The molecule has 5 nitrogen and oxygen atoms in total. The molecule has 0 amide bonds. The fourth-order valence-corrected chi connectivity index (χ4v) is 3.13. The summed E-state index contributed by atoms with van der Waals surface area (Å²) < 4.78 is 6.35. The van der Waals surface area contributed by atoms with Crippen LogP contribution in [0.15, 0.2) is 38.3 Å². The van der Waals surface area contributed by atoms with Crippen molar-refractivity contribution in [3.05, 3.63) is 51.3 Å². The lowest BCUT2D eigenvalue weighted by molar-refractivity contribution is 0.391. The van der Waals surface area contributed by atoms with Gasteiger partial charge in [0, 0.05) is 43.1 Å². The number of aryl methyl sites for hydroxylation is 2. The van der Waals surface area contributed by atoms with Crippen LogP contribution in [-0.2, 0) is 6.54 Å². The molecule has 1 atom stereocenters. The number of aromatic nitrogens is 1. The van der Waals surface area contributed by atoms with Crippen molar-refractivity contribution in [2.75, 3.05) is 20.6 Å². The minimum atomic E-state index is 0. The van der Waals surface area contributed by atoms with Gasteiger partial charge in [-0.25, -0.2) is 0 Å². The van der Waals surface area contributed by atoms with Gasteiger partial charge in [-0.2, -0.15) is 0 Å². The number of hydrogen-bond donors (Lipinski definition) is 1. The maximum atomic E-state index is 5.26. The molecule has 0 aliphatic carbocycles. The Morgan fingerprint density at radius 3 is 2.48 bits per heavy atom. The van der Waals surface area contributed by atoms with Gasteiger partial charge >= 0.3 is 0 Å². The van der Waals surface area contributed by atoms with Crippen molar-refractivity contribution in [2.45, 2.75) is 33.2 Å². The van der Waals surface area contributed by atoms with Gasteiger partial charge in [0.1, 0.15) is 5.76 Å². The van der Waals surface area contributed by atoms with Gasteiger partial charge in [-0.15, -0.1) is 24.0 Å². The van der Waals surface area contributed by atoms with Crippen molar-refractivity contribution in [2.24, 2.45) is 4.99 Å². The Kier molecular flexibility index (Phi) is 8.92. The molecule has 0 saturated carbocycles. The van der Waals surface area contributed by atoms with E-state index >= 15 is 0 Å². The van der Waals surface area contributed by atoms with E-state index in [9.17, 15) is 0 Å². The van der Waals surface area contributed by atoms with Gasteiger partial charge in [0.2, 0.25) is 0 Å². The number of hydrogen-bond acceptors (Lipinski definition) is 3. The Morgan fingerprint density at radius 2 is 1.96 bits per heavy atom. The first-order chi connectivity index (χ1) is 11.4. The summed E-state index contributed by atoms with van der Waals surface area (Å²) in [5, 5.41) is 7.48. The summed E-state index contributed by atoms with van der Waals surface area (Å²) in [6.07, 6.45) is 0. The normalized spacial score (nSPS) is 12.5. The number of rotatable bonds is 5. The molecule has 2 rings (SSSR count). The first-order valence-corrected chi connectivity index (χ1v) is 8.80. The number of halogens is 2. The van der Waals surface area contributed by atoms with E-state index in [1.54, 1.807) is 7.05 Å². The van der Waals surface area contributed by atoms with Crippen molar-refractivity contribution in [1.29, 1.82) is 0 Å². The van der Waals surface area contributed by atoms with E-state index in [1.807, 2.05) is 20.9 Å². The maximum absolute atomic E-state index is 5.26. The van der Waals surface area contributed by atoms with Crippen molar-refractivity contribution in [3.63, 3.8) is 0 Å². The Morgan fingerprint density at radius 1 is 1.32 bits per heavy atom. The monoisotopic (exact) mass is 520 g/mol. The minimum absolute atomic E-state index is 0. The van der Waals surface area contributed by atoms with Crippen LogP contribution in [0.5, 0.6) is 0 Å². The lowest BCUT2D eigenvalue weighted by Crippen LogP contribution is -2.40. The molecule has 1 unspecified atom stereocenters. The zero-order valence-corrected chi connectivity index (χ0v) is 19.3. The molecular formula is C18H26BrIN4O. The summed E-state index contributed by atoms with van der Waals surface area (Å²) in [6, 6.07) is 8.33. The zero-order chi connectivity index (χ0) is 17.7. The van der Waals surface area contributed by atoms with Gasteiger partial charge < -0.3 is 14.7 Å². The van der Waals surface area contributed by atoms with Crippen LogP contribution < -0.4 is 5.32 Å². The van der Waals surface area contributed by atoms with Crippen LogP contribution in [0.2, 0.25) is 0 Å². The lowest BCUT2D eigenvalue weighted by Gasteiger charge is -2.23. The second-order valence-corrected chi connectivity index (χ2v) is 6.97. The predicted octanol–water partition coefficient (Wildman–Crippen LogP) is 4.48. The third-order valence-electron chi connectivity index (χ3n) is 4.05. The molecule has 0 aliphatic heterocycles. The van der Waals surface area contributed by atoms with E-state index in [4.69, 9.17) is 4.52 Å². The second kappa shape index (κ2) is 10.2. The highest BCUT2D eigenvalue weighted by molar-refractivity contribution is 14.0. The van der Waals surface area contributed by atoms with Gasteiger partial charge in [0.05, 0.1) is 5.69 Å². The van der Waals surface area contributed by atoms with Crippen molar-refractivity contribution in [3.8, 4) is 0 Å². The molecule has 0 saturated heterocycles. The van der Waals surface area contributed by atoms with E-state index < -0.39 is 0 Å². The molecule has 7 heteroatoms. The average molecular weight is 521 g/mol. The molecule has 0 aliphatic rings. The maximum Gasteiger partial charge on any atom is 0.193 e. The minimum Gasteiger partial charge on any atom is -0.361 e. The summed E-state index contributed by atoms with van der Waals surface area (Å²) in [5.74, 6) is 2.06. The number of benzene rings is 1. The molecule has 25 heavy (non-hydrogen) atoms. The van der Waals surface area contributed by atoms with Crippen molar-refractivity contribution < 1.29 is 4.52 Å². The van der Waals surface area contributed by atoms with E-state index in [0.29, 0.717) is 5.92 Å². The second-order valence-electron chi connectivity index (χ2n) is 6.05. The Balaban J connectivity index is 0.00000312. The van der Waals surface area contributed by atoms with Gasteiger partial charge in [-0.3, -0.25) is 4.99 Å². The van der Waals surface area contributed by atoms with Crippen LogP contribution in [0, 0.1) is 13.8 Å². The lowest BCUT2D eigenvalue weighted by atomic mass is 10.00. The largest absolute Gasteiger partial charge is 0.361 e. The predicted molar refractivity (Wildman–Crippen MR) is 117 cm³/mol. The van der Waals surface area contributed by atoms with Crippen LogP contribution >= 0.6 is 39.9 Å². The van der Waals surface area contributed by atoms with Gasteiger partial charge in [0.15, 0.2) is 5.96 Å². The fraction of sp³-hybridized carbons (Fsp3) is 0.444. The van der Waals surface area contributed by atoms with Crippen LogP contribution in [0.25, 0.3) is 0 Å². The number of nitrogens with one attached hydrogen (secondary N) is 1. The van der Waals surface area contributed by atoms with Crippen LogP contribution in [0.1, 0.15) is 35.4 Å². The zero-order valence-electron chi connectivity index (χ0n) is 15.3. The van der Waals surface area contributed by atoms with Gasteiger partial charge in [0.25, 0.3) is 0 Å². The standard InChI is InChI=1S/C18H25BrN4O.HI/c1-12(17-13(2)22-24-14(17)3)10-21-18(20-4)23(5)11-15-6-8-16(19)9-7-15;/h6-9,12H,10-11H2,1-5H3,(H,20,21);1H. The van der Waals surface area contributed by atoms with E-state index in [1.165, 1.54) is 11.1 Å². The molecule has 0 bridgehead atoms. The molecule has 0 radical (unpaired) electrons. The smallest absolute Gasteiger partial charge is 0.193 e. The Hall–Kier alpha value is -1.09. The molecule has 1 aromatic carbocycles. The first-order valence-electron chi connectivity index (χ1n) is 8.01. The SMILES string of the molecule is CN=C(NCC(C)c1c(C)noc1C)N(C)Cc1ccc(Br)cc1.I. The quantitative estimate of drug-likeness (QED) is 0.358. The highest BCUT2D eigenvalue weighted by Gasteiger charge is 2.17. The summed E-state index contributed by atoms with van der Waals surface area (Å²) in [4.78, 5) is 6.50. The van der Waals surface area contributed by atoms with Gasteiger partial charge in [-0.05, 0) is 31.5 Å². The molecular weight excluding hydrogens is 495 g/mol. The number of nitrogens with zero attached hydrogens (tertiary/aromatic N) is 3. The van der Waals surface area contributed by atoms with Crippen LogP contribution in [0.4, 0.5) is 0 Å². The van der Waals surface area contributed by atoms with E-state index in [-0.39, 0.29) is 24.0 Å². The third kappa shape index (κ3) is 5.99. The Bertz CT molecular complexity index is 680. The molecule has 0 spiro atoms. The van der Waals surface area contributed by atoms with Crippen molar-refractivity contribution >= 4 is 45.9 Å².